The molecule has 1 aliphatic carbocycles. The molecule has 12 heteroatoms. The van der Waals surface area contributed by atoms with E-state index in [0.29, 0.717) is 31.9 Å². The number of nitrogen functional groups attached to an aromatic ring is 1. The predicted octanol–water partition coefficient (Wildman–Crippen LogP) is 2.62. The second kappa shape index (κ2) is 11.4. The van der Waals surface area contributed by atoms with E-state index in [2.05, 4.69) is 31.2 Å². The first-order valence-electron chi connectivity index (χ1n) is 11.6. The zero-order valence-electron chi connectivity index (χ0n) is 20.0. The first-order valence-corrected chi connectivity index (χ1v) is 12.5. The van der Waals surface area contributed by atoms with E-state index in [1.165, 1.54) is 24.4 Å². The smallest absolute Gasteiger partial charge is 0.274 e. The summed E-state index contributed by atoms with van der Waals surface area (Å²) in [7, 11) is 0. The number of anilines is 1. The zero-order valence-corrected chi connectivity index (χ0v) is 21.5. The Kier molecular flexibility index (Phi) is 8.30. The van der Waals surface area contributed by atoms with Crippen LogP contribution < -0.4 is 11.1 Å². The Labute approximate surface area is 220 Å². The molecule has 3 atom stereocenters. The maximum absolute atomic E-state index is 15.0. The molecule has 4 rings (SSSR count). The van der Waals surface area contributed by atoms with Gasteiger partial charge in [0.15, 0.2) is 0 Å². The summed E-state index contributed by atoms with van der Waals surface area (Å²) >= 11 is 3.37. The van der Waals surface area contributed by atoms with Gasteiger partial charge in [-0.1, -0.05) is 35.0 Å². The van der Waals surface area contributed by atoms with Gasteiger partial charge in [0.2, 0.25) is 0 Å². The van der Waals surface area contributed by atoms with Gasteiger partial charge in [0.25, 0.3) is 11.8 Å². The molecular formula is C25H26BrF2N5O4. The van der Waals surface area contributed by atoms with Gasteiger partial charge >= 0.3 is 0 Å². The number of alkyl halides is 1. The van der Waals surface area contributed by atoms with Crippen molar-refractivity contribution in [3.63, 3.8) is 0 Å². The lowest BCUT2D eigenvalue weighted by atomic mass is 9.93. The minimum atomic E-state index is -0.936. The third-order valence-electron chi connectivity index (χ3n) is 6.26. The number of hydrogen-bond donors (Lipinski definition) is 3. The number of carbonyl (C=O) groups excluding carboxylic acids is 2. The Morgan fingerprint density at radius 3 is 2.70 bits per heavy atom. The Morgan fingerprint density at radius 2 is 2.05 bits per heavy atom. The standard InChI is InChI=1S/C25H26BrF2N5O4/c1-13-17(26)8-15(10-18(13)27)21(12-34)32-24(35)16-3-2-14(9-19(16)28)22-23(29)30-11-20(31-22)25(36)33-4-6-37-7-5-33/h2-3,8-11,13,17,21,34H,4-7,12H2,1H3,(H2,29,30)(H,32,35)/t13?,17?,21-/m1/s1. The molecule has 2 aromatic rings. The summed E-state index contributed by atoms with van der Waals surface area (Å²) in [5, 5.41) is 12.3. The molecule has 2 unspecified atom stereocenters. The lowest BCUT2D eigenvalue weighted by Crippen LogP contribution is -2.41. The lowest BCUT2D eigenvalue weighted by molar-refractivity contribution is 0.0299. The first kappa shape index (κ1) is 26.8. The number of aliphatic hydroxyl groups excluding tert-OH is 1. The summed E-state index contributed by atoms with van der Waals surface area (Å²) in [6.07, 6.45) is 4.22. The highest BCUT2D eigenvalue weighted by Crippen LogP contribution is 2.31. The number of carbonyl (C=O) groups is 2. The molecule has 1 fully saturated rings. The number of halogens is 3. The molecule has 4 N–H and O–H groups in total. The maximum Gasteiger partial charge on any atom is 0.274 e. The Morgan fingerprint density at radius 1 is 1.32 bits per heavy atom. The van der Waals surface area contributed by atoms with E-state index in [0.717, 1.165) is 6.07 Å². The van der Waals surface area contributed by atoms with Gasteiger partial charge in [-0.2, -0.15) is 0 Å². The number of nitrogens with two attached hydrogens (primary N) is 1. The second-order valence-electron chi connectivity index (χ2n) is 8.73. The molecule has 1 aromatic carbocycles. The summed E-state index contributed by atoms with van der Waals surface area (Å²) in [4.78, 5) is 35.2. The molecular weight excluding hydrogens is 552 g/mol. The molecule has 37 heavy (non-hydrogen) atoms. The monoisotopic (exact) mass is 577 g/mol. The number of nitrogens with one attached hydrogen (secondary N) is 1. The van der Waals surface area contributed by atoms with E-state index in [1.54, 1.807) is 17.9 Å². The van der Waals surface area contributed by atoms with E-state index >= 15 is 4.39 Å². The number of allylic oxidation sites excluding steroid dienone is 2. The van der Waals surface area contributed by atoms with Gasteiger partial charge in [-0.05, 0) is 23.8 Å². The molecule has 0 spiro atoms. The van der Waals surface area contributed by atoms with Crippen LogP contribution in [0.25, 0.3) is 11.3 Å². The van der Waals surface area contributed by atoms with Crippen LogP contribution in [0.1, 0.15) is 27.8 Å². The molecule has 9 nitrogen and oxygen atoms in total. The van der Waals surface area contributed by atoms with Crippen LogP contribution in [0.5, 0.6) is 0 Å². The van der Waals surface area contributed by atoms with Gasteiger partial charge in [0.1, 0.15) is 28.8 Å². The number of rotatable bonds is 6. The molecule has 1 saturated heterocycles. The van der Waals surface area contributed by atoms with E-state index in [4.69, 9.17) is 10.5 Å². The van der Waals surface area contributed by atoms with Crippen molar-refractivity contribution in [3.8, 4) is 11.3 Å². The summed E-state index contributed by atoms with van der Waals surface area (Å²) in [5.41, 5.74) is 6.41. The van der Waals surface area contributed by atoms with Crippen molar-refractivity contribution in [2.45, 2.75) is 17.8 Å². The van der Waals surface area contributed by atoms with E-state index in [-0.39, 0.29) is 45.0 Å². The van der Waals surface area contributed by atoms with Crippen LogP contribution in [-0.2, 0) is 4.74 Å². The van der Waals surface area contributed by atoms with Crippen molar-refractivity contribution in [2.75, 3.05) is 38.6 Å². The molecule has 2 heterocycles. The minimum absolute atomic E-state index is 0.00733. The molecule has 0 bridgehead atoms. The van der Waals surface area contributed by atoms with Crippen LogP contribution in [-0.4, -0.2) is 75.6 Å². The Bertz CT molecular complexity index is 1270. The fraction of sp³-hybridized carbons (Fsp3) is 0.360. The molecule has 1 aromatic heterocycles. The van der Waals surface area contributed by atoms with E-state index < -0.39 is 30.2 Å². The zero-order chi connectivity index (χ0) is 26.7. The Balaban J connectivity index is 1.54. The van der Waals surface area contributed by atoms with E-state index in [9.17, 15) is 19.1 Å². The van der Waals surface area contributed by atoms with Gasteiger partial charge in [-0.25, -0.2) is 18.7 Å². The summed E-state index contributed by atoms with van der Waals surface area (Å²) in [5.74, 6) is -2.79. The second-order valence-corrected chi connectivity index (χ2v) is 9.78. The van der Waals surface area contributed by atoms with Gasteiger partial charge < -0.3 is 25.8 Å². The van der Waals surface area contributed by atoms with Crippen LogP contribution in [0.2, 0.25) is 0 Å². The van der Waals surface area contributed by atoms with Gasteiger partial charge in [-0.3, -0.25) is 9.59 Å². The largest absolute Gasteiger partial charge is 0.394 e. The van der Waals surface area contributed by atoms with Crippen molar-refractivity contribution in [1.82, 2.24) is 20.2 Å². The number of morpholine rings is 1. The van der Waals surface area contributed by atoms with Crippen LogP contribution >= 0.6 is 15.9 Å². The molecule has 0 radical (unpaired) electrons. The molecule has 196 valence electrons. The summed E-state index contributed by atoms with van der Waals surface area (Å²) < 4.78 is 34.5. The summed E-state index contributed by atoms with van der Waals surface area (Å²) in [6, 6.07) is 2.81. The van der Waals surface area contributed by atoms with Gasteiger partial charge in [0, 0.05) is 29.4 Å². The van der Waals surface area contributed by atoms with Crippen molar-refractivity contribution < 1.29 is 28.2 Å². The van der Waals surface area contributed by atoms with Crippen molar-refractivity contribution in [1.29, 1.82) is 0 Å². The molecule has 0 saturated carbocycles. The van der Waals surface area contributed by atoms with Gasteiger partial charge in [-0.15, -0.1) is 0 Å². The Hall–Kier alpha value is -3.22. The highest BCUT2D eigenvalue weighted by Gasteiger charge is 2.27. The van der Waals surface area contributed by atoms with Crippen molar-refractivity contribution in [3.05, 3.63) is 65.0 Å². The number of amides is 2. The fourth-order valence-corrected chi connectivity index (χ4v) is 4.55. The van der Waals surface area contributed by atoms with Crippen molar-refractivity contribution in [2.24, 2.45) is 5.92 Å². The average molecular weight is 578 g/mol. The minimum Gasteiger partial charge on any atom is -0.394 e. The number of hydrogen-bond acceptors (Lipinski definition) is 7. The maximum atomic E-state index is 15.0. The molecule has 2 amide bonds. The van der Waals surface area contributed by atoms with Crippen LogP contribution in [0.15, 0.2) is 47.9 Å². The van der Waals surface area contributed by atoms with Gasteiger partial charge in [0.05, 0.1) is 37.6 Å². The number of ether oxygens (including phenoxy) is 1. The quantitative estimate of drug-likeness (QED) is 0.450. The number of aromatic nitrogens is 2. The fourth-order valence-electron chi connectivity index (χ4n) is 4.00. The SMILES string of the molecule is CC1C(F)=CC([C@@H](CO)NC(=O)c2ccc(-c3nc(C(=O)N4CCOCC4)cnc3N)cc2F)=CC1Br. The number of nitrogens with zero attached hydrogens (tertiary/aromatic N) is 3. The molecule has 2 aliphatic rings. The average Bonchev–Trinajstić information content (AvgIpc) is 2.90. The number of benzene rings is 1. The topological polar surface area (TPSA) is 131 Å². The normalized spacial score (nSPS) is 20.6. The highest BCUT2D eigenvalue weighted by molar-refractivity contribution is 9.09. The van der Waals surface area contributed by atoms with Crippen LogP contribution in [0, 0.1) is 11.7 Å². The number of aliphatic hydroxyl groups is 1. The first-order chi connectivity index (χ1) is 17.7. The van der Waals surface area contributed by atoms with E-state index in [1.807, 2.05) is 0 Å². The third kappa shape index (κ3) is 5.86. The predicted molar refractivity (Wildman–Crippen MR) is 136 cm³/mol. The third-order valence-corrected chi connectivity index (χ3v) is 7.32. The van der Waals surface area contributed by atoms with Crippen LogP contribution in [0.3, 0.4) is 0 Å². The molecule has 1 aliphatic heterocycles. The van der Waals surface area contributed by atoms with Crippen molar-refractivity contribution >= 4 is 33.6 Å². The highest BCUT2D eigenvalue weighted by atomic mass is 79.9. The van der Waals surface area contributed by atoms with Crippen LogP contribution in [0.4, 0.5) is 14.6 Å². The lowest BCUT2D eigenvalue weighted by Gasteiger charge is -2.26. The summed E-state index contributed by atoms with van der Waals surface area (Å²) in [6.45, 7) is 2.87.